The Morgan fingerprint density at radius 2 is 1.62 bits per heavy atom. The molecule has 0 spiro atoms. The topological polar surface area (TPSA) is 50.3 Å². The maximum absolute atomic E-state index is 13.3. The number of imide groups is 1. The Labute approximate surface area is 182 Å². The maximum atomic E-state index is 13.3. The summed E-state index contributed by atoms with van der Waals surface area (Å²) in [6.45, 7) is 0.160. The third-order valence-electron chi connectivity index (χ3n) is 4.38. The highest BCUT2D eigenvalue weighted by Gasteiger charge is 2.40. The van der Waals surface area contributed by atoms with Crippen molar-refractivity contribution < 1.29 is 9.59 Å². The fourth-order valence-corrected chi connectivity index (χ4v) is 4.53. The number of halogens is 2. The molecule has 29 heavy (non-hydrogen) atoms. The van der Waals surface area contributed by atoms with Gasteiger partial charge in [-0.2, -0.15) is 0 Å². The van der Waals surface area contributed by atoms with Crippen molar-refractivity contribution in [3.8, 4) is 0 Å². The van der Waals surface area contributed by atoms with Crippen molar-refractivity contribution in [2.75, 3.05) is 0 Å². The van der Waals surface area contributed by atoms with Crippen molar-refractivity contribution in [1.29, 1.82) is 0 Å². The molecule has 0 unspecified atom stereocenters. The first-order chi connectivity index (χ1) is 14.0. The molecule has 0 bridgehead atoms. The number of benzene rings is 2. The van der Waals surface area contributed by atoms with Crippen LogP contribution in [0.1, 0.15) is 11.1 Å². The largest absolute Gasteiger partial charge is 0.269 e. The summed E-state index contributed by atoms with van der Waals surface area (Å²) in [5, 5.41) is 0.785. The Kier molecular flexibility index (Phi) is 5.72. The summed E-state index contributed by atoms with van der Waals surface area (Å²) in [6.07, 6.45) is 3.26. The molecule has 1 aliphatic rings. The first kappa shape index (κ1) is 19.7. The Morgan fingerprint density at radius 1 is 0.897 bits per heavy atom. The number of rotatable bonds is 5. The molecule has 2 heterocycles. The zero-order valence-corrected chi connectivity index (χ0v) is 17.3. The minimum atomic E-state index is -0.380. The van der Waals surface area contributed by atoms with Crippen LogP contribution >= 0.6 is 35.0 Å². The van der Waals surface area contributed by atoms with Gasteiger partial charge in [-0.3, -0.25) is 19.5 Å². The molecule has 0 aliphatic carbocycles. The summed E-state index contributed by atoms with van der Waals surface area (Å²) < 4.78 is 0. The molecule has 0 N–H and O–H groups in total. The molecule has 7 heteroatoms. The number of thioether (sulfide) groups is 1. The van der Waals surface area contributed by atoms with Gasteiger partial charge in [0.2, 0.25) is 0 Å². The van der Waals surface area contributed by atoms with Gasteiger partial charge in [-0.15, -0.1) is 0 Å². The van der Waals surface area contributed by atoms with E-state index in [-0.39, 0.29) is 18.4 Å². The van der Waals surface area contributed by atoms with Gasteiger partial charge in [-0.05, 0) is 42.0 Å². The number of carbonyl (C=O) groups is 2. The number of hydrogen-bond donors (Lipinski definition) is 0. The lowest BCUT2D eigenvalue weighted by Crippen LogP contribution is -2.30. The highest BCUT2D eigenvalue weighted by Crippen LogP contribution is 2.42. The Balaban J connectivity index is 1.78. The van der Waals surface area contributed by atoms with Crippen LogP contribution in [0.25, 0.3) is 5.57 Å². The predicted molar refractivity (Wildman–Crippen MR) is 115 cm³/mol. The molecule has 2 amide bonds. The van der Waals surface area contributed by atoms with Gasteiger partial charge in [0.1, 0.15) is 0 Å². The van der Waals surface area contributed by atoms with Crippen LogP contribution in [-0.2, 0) is 16.1 Å². The number of amides is 2. The normalized spacial score (nSPS) is 14.1. The summed E-state index contributed by atoms with van der Waals surface area (Å²) >= 11 is 13.7. The van der Waals surface area contributed by atoms with E-state index in [0.29, 0.717) is 26.1 Å². The molecule has 0 saturated carbocycles. The highest BCUT2D eigenvalue weighted by molar-refractivity contribution is 8.04. The lowest BCUT2D eigenvalue weighted by molar-refractivity contribution is -0.137. The Hall–Kier alpha value is -2.60. The zero-order valence-electron chi connectivity index (χ0n) is 15.0. The first-order valence-electron chi connectivity index (χ1n) is 8.72. The van der Waals surface area contributed by atoms with Gasteiger partial charge in [0.25, 0.3) is 11.8 Å². The smallest absolute Gasteiger partial charge is 0.268 e. The molecule has 3 aromatic rings. The molecule has 0 atom stereocenters. The summed E-state index contributed by atoms with van der Waals surface area (Å²) in [4.78, 5) is 32.9. The molecule has 0 radical (unpaired) electrons. The van der Waals surface area contributed by atoms with E-state index in [2.05, 4.69) is 4.98 Å². The molecule has 1 aliphatic heterocycles. The average Bonchev–Trinajstić information content (AvgIpc) is 2.94. The fraction of sp³-hybridized carbons (Fsp3) is 0.0455. The van der Waals surface area contributed by atoms with E-state index in [1.807, 2.05) is 30.3 Å². The third-order valence-corrected chi connectivity index (χ3v) is 6.02. The van der Waals surface area contributed by atoms with E-state index in [0.717, 1.165) is 10.5 Å². The molecule has 0 fully saturated rings. The van der Waals surface area contributed by atoms with Crippen molar-refractivity contribution in [3.63, 3.8) is 0 Å². The molecule has 1 aromatic heterocycles. The second kappa shape index (κ2) is 8.41. The fourth-order valence-electron chi connectivity index (χ4n) is 3.00. The van der Waals surface area contributed by atoms with Gasteiger partial charge in [0.05, 0.1) is 22.0 Å². The van der Waals surface area contributed by atoms with Crippen LogP contribution in [0.5, 0.6) is 0 Å². The zero-order chi connectivity index (χ0) is 20.4. The van der Waals surface area contributed by atoms with Crippen molar-refractivity contribution in [3.05, 3.63) is 99.1 Å². The second-order valence-corrected chi connectivity index (χ2v) is 8.22. The molecule has 144 valence electrons. The molecule has 4 nitrogen and oxygen atoms in total. The number of pyridine rings is 1. The minimum Gasteiger partial charge on any atom is -0.269 e. The second-order valence-electron chi connectivity index (χ2n) is 6.30. The predicted octanol–water partition coefficient (Wildman–Crippen LogP) is 5.46. The molecule has 4 rings (SSSR count). The summed E-state index contributed by atoms with van der Waals surface area (Å²) in [5.74, 6) is -0.726. The van der Waals surface area contributed by atoms with Crippen molar-refractivity contribution in [1.82, 2.24) is 9.88 Å². The highest BCUT2D eigenvalue weighted by atomic mass is 35.5. The number of nitrogens with zero attached hydrogens (tertiary/aromatic N) is 2. The first-order valence-corrected chi connectivity index (χ1v) is 10.3. The van der Waals surface area contributed by atoms with Gasteiger partial charge < -0.3 is 0 Å². The van der Waals surface area contributed by atoms with E-state index in [1.165, 1.54) is 16.7 Å². The van der Waals surface area contributed by atoms with Crippen LogP contribution in [0.3, 0.4) is 0 Å². The van der Waals surface area contributed by atoms with Crippen molar-refractivity contribution in [2.24, 2.45) is 0 Å². The number of hydrogen-bond acceptors (Lipinski definition) is 4. The van der Waals surface area contributed by atoms with Crippen LogP contribution < -0.4 is 0 Å². The van der Waals surface area contributed by atoms with Crippen LogP contribution in [-0.4, -0.2) is 21.7 Å². The Morgan fingerprint density at radius 3 is 2.31 bits per heavy atom. The SMILES string of the molecule is O=C1C(Sc2ccccc2)=C(c2ccc(Cl)cc2Cl)C(=O)N1Cc1ccncc1. The van der Waals surface area contributed by atoms with Crippen molar-refractivity contribution >= 4 is 52.4 Å². The van der Waals surface area contributed by atoms with E-state index in [1.54, 1.807) is 42.7 Å². The van der Waals surface area contributed by atoms with E-state index in [9.17, 15) is 9.59 Å². The summed E-state index contributed by atoms with van der Waals surface area (Å²) in [7, 11) is 0. The maximum Gasteiger partial charge on any atom is 0.268 e. The van der Waals surface area contributed by atoms with Crippen molar-refractivity contribution in [2.45, 2.75) is 11.4 Å². The monoisotopic (exact) mass is 440 g/mol. The minimum absolute atomic E-state index is 0.160. The summed E-state index contributed by atoms with van der Waals surface area (Å²) in [6, 6.07) is 17.9. The van der Waals surface area contributed by atoms with Crippen LogP contribution in [0.4, 0.5) is 0 Å². The number of carbonyl (C=O) groups excluding carboxylic acids is 2. The number of aromatic nitrogens is 1. The lowest BCUT2D eigenvalue weighted by atomic mass is 10.1. The van der Waals surface area contributed by atoms with Gasteiger partial charge >= 0.3 is 0 Å². The van der Waals surface area contributed by atoms with Crippen LogP contribution in [0.2, 0.25) is 10.0 Å². The molecule has 2 aromatic carbocycles. The standard InChI is InChI=1S/C22H14Cl2N2O2S/c23-15-6-7-17(18(24)12-15)19-20(29-16-4-2-1-3-5-16)22(28)26(21(19)27)13-14-8-10-25-11-9-14/h1-12H,13H2. The average molecular weight is 441 g/mol. The van der Waals surface area contributed by atoms with Gasteiger partial charge in [-0.25, -0.2) is 0 Å². The summed E-state index contributed by atoms with van der Waals surface area (Å²) in [5.41, 5.74) is 1.60. The van der Waals surface area contributed by atoms with E-state index in [4.69, 9.17) is 23.2 Å². The van der Waals surface area contributed by atoms with E-state index < -0.39 is 0 Å². The van der Waals surface area contributed by atoms with E-state index >= 15 is 0 Å². The van der Waals surface area contributed by atoms with Crippen LogP contribution in [0, 0.1) is 0 Å². The third kappa shape index (κ3) is 4.08. The van der Waals surface area contributed by atoms with Gasteiger partial charge in [-0.1, -0.05) is 59.2 Å². The molecule has 0 saturated heterocycles. The van der Waals surface area contributed by atoms with Gasteiger partial charge in [0, 0.05) is 27.9 Å². The quantitative estimate of drug-likeness (QED) is 0.494. The molecular formula is C22H14Cl2N2O2S. The molecular weight excluding hydrogens is 427 g/mol. The Bertz CT molecular complexity index is 1120. The lowest BCUT2D eigenvalue weighted by Gasteiger charge is -2.15. The van der Waals surface area contributed by atoms with Crippen LogP contribution in [0.15, 0.2) is 82.9 Å². The van der Waals surface area contributed by atoms with Gasteiger partial charge in [0.15, 0.2) is 0 Å².